The van der Waals surface area contributed by atoms with Gasteiger partial charge in [-0.15, -0.1) is 0 Å². The molecule has 5 nitrogen and oxygen atoms in total. The van der Waals surface area contributed by atoms with Crippen molar-refractivity contribution in [1.82, 2.24) is 9.80 Å². The predicted octanol–water partition coefficient (Wildman–Crippen LogP) is 3.33. The Morgan fingerprint density at radius 2 is 1.81 bits per heavy atom. The monoisotopic (exact) mass is 424 g/mol. The van der Waals surface area contributed by atoms with Crippen molar-refractivity contribution >= 4 is 5.97 Å². The molecule has 1 aromatic rings. The minimum Gasteiger partial charge on any atom is -0.462 e. The maximum atomic E-state index is 12.9. The van der Waals surface area contributed by atoms with E-state index in [0.717, 1.165) is 58.7 Å². The number of benzene rings is 1. The van der Waals surface area contributed by atoms with Crippen molar-refractivity contribution in [1.29, 1.82) is 0 Å². The summed E-state index contributed by atoms with van der Waals surface area (Å²) < 4.78 is 12.1. The zero-order chi connectivity index (χ0) is 21.1. The number of esters is 1. The van der Waals surface area contributed by atoms with Gasteiger partial charge in [-0.25, -0.2) is 0 Å². The maximum Gasteiger partial charge on any atom is 0.310 e. The first-order chi connectivity index (χ1) is 15.0. The first kappa shape index (κ1) is 20.2. The van der Waals surface area contributed by atoms with Gasteiger partial charge in [-0.2, -0.15) is 0 Å². The number of ether oxygens (including phenoxy) is 2. The van der Waals surface area contributed by atoms with Crippen LogP contribution in [0.2, 0.25) is 0 Å². The lowest BCUT2D eigenvalue weighted by atomic mass is 9.53. The molecule has 0 bridgehead atoms. The summed E-state index contributed by atoms with van der Waals surface area (Å²) >= 11 is 0. The fraction of sp³-hybridized carbons (Fsp3) is 0.731. The van der Waals surface area contributed by atoms with Crippen molar-refractivity contribution in [3.8, 4) is 0 Å². The van der Waals surface area contributed by atoms with Crippen molar-refractivity contribution < 1.29 is 14.3 Å². The molecule has 3 aliphatic heterocycles. The summed E-state index contributed by atoms with van der Waals surface area (Å²) in [6.45, 7) is 9.50. The summed E-state index contributed by atoms with van der Waals surface area (Å²) in [5, 5.41) is 0. The van der Waals surface area contributed by atoms with Gasteiger partial charge in [0, 0.05) is 45.2 Å². The molecule has 0 unspecified atom stereocenters. The van der Waals surface area contributed by atoms with Crippen LogP contribution in [0.1, 0.15) is 44.6 Å². The average molecular weight is 425 g/mol. The van der Waals surface area contributed by atoms with E-state index in [1.807, 2.05) is 0 Å². The second kappa shape index (κ2) is 7.57. The van der Waals surface area contributed by atoms with Crippen LogP contribution in [-0.4, -0.2) is 66.8 Å². The molecule has 0 aromatic heterocycles. The number of fused-ring (bicyclic) bond motifs is 3. The third-order valence-corrected chi connectivity index (χ3v) is 9.25. The molecule has 3 saturated heterocycles. The van der Waals surface area contributed by atoms with Gasteiger partial charge in [0.1, 0.15) is 6.10 Å². The van der Waals surface area contributed by atoms with Gasteiger partial charge in [0.05, 0.1) is 18.1 Å². The molecule has 168 valence electrons. The summed E-state index contributed by atoms with van der Waals surface area (Å²) in [6, 6.07) is 10.7. The van der Waals surface area contributed by atoms with Crippen LogP contribution in [0.5, 0.6) is 0 Å². The smallest absolute Gasteiger partial charge is 0.310 e. The van der Waals surface area contributed by atoms with E-state index in [9.17, 15) is 4.79 Å². The van der Waals surface area contributed by atoms with Crippen LogP contribution in [0.25, 0.3) is 0 Å². The molecule has 6 atom stereocenters. The second-order valence-corrected chi connectivity index (χ2v) is 11.2. The lowest BCUT2D eigenvalue weighted by Gasteiger charge is -2.51. The van der Waals surface area contributed by atoms with Crippen LogP contribution in [0, 0.1) is 23.2 Å². The van der Waals surface area contributed by atoms with Gasteiger partial charge in [0.15, 0.2) is 0 Å². The SMILES string of the molecule is C[C@]12CCC[C@]3(CO3)[C@H]1C[C@@H]1[C@@H](C2)OC(=O)[C@@H]1CN1CCN(Cc2ccccc2)CC1. The number of rotatable bonds is 4. The zero-order valence-corrected chi connectivity index (χ0v) is 18.8. The second-order valence-electron chi connectivity index (χ2n) is 11.2. The average Bonchev–Trinajstić information content (AvgIpc) is 3.47. The standard InChI is InChI=1S/C26H36N2O3/c1-25-8-5-9-26(18-30-26)23(25)14-20-21(24(29)31-22(20)15-25)17-28-12-10-27(11-13-28)16-19-6-3-2-4-7-19/h2-4,6-7,20-23H,5,8-18H2,1H3/t20-,21+,22+,23-,25+,26-/m0/s1. The van der Waals surface area contributed by atoms with Crippen molar-refractivity contribution in [2.75, 3.05) is 39.3 Å². The Morgan fingerprint density at radius 3 is 2.55 bits per heavy atom. The highest BCUT2D eigenvalue weighted by atomic mass is 16.6. The molecule has 5 heteroatoms. The first-order valence-corrected chi connectivity index (χ1v) is 12.4. The third kappa shape index (κ3) is 3.63. The van der Waals surface area contributed by atoms with Crippen molar-refractivity contribution in [3.63, 3.8) is 0 Å². The molecule has 3 heterocycles. The molecule has 1 spiro atoms. The van der Waals surface area contributed by atoms with Gasteiger partial charge in [-0.1, -0.05) is 37.3 Å². The normalized spacial score (nSPS) is 42.8. The van der Waals surface area contributed by atoms with Gasteiger partial charge in [0.2, 0.25) is 0 Å². The molecule has 0 N–H and O–H groups in total. The summed E-state index contributed by atoms with van der Waals surface area (Å²) in [7, 11) is 0. The Kier molecular flexibility index (Phi) is 4.93. The highest BCUT2D eigenvalue weighted by Gasteiger charge is 2.65. The van der Waals surface area contributed by atoms with Crippen LogP contribution >= 0.6 is 0 Å². The summed E-state index contributed by atoms with van der Waals surface area (Å²) in [6.07, 6.45) is 6.03. The van der Waals surface area contributed by atoms with Crippen molar-refractivity contribution in [2.24, 2.45) is 23.2 Å². The Bertz CT molecular complexity index is 817. The van der Waals surface area contributed by atoms with E-state index >= 15 is 0 Å². The van der Waals surface area contributed by atoms with E-state index in [1.54, 1.807) is 0 Å². The Labute approximate surface area is 186 Å². The molecular formula is C26H36N2O3. The molecule has 2 aliphatic carbocycles. The Morgan fingerprint density at radius 1 is 1.06 bits per heavy atom. The van der Waals surface area contributed by atoms with Gasteiger partial charge >= 0.3 is 5.97 Å². The predicted molar refractivity (Wildman–Crippen MR) is 118 cm³/mol. The number of carbonyl (C=O) groups is 1. The van der Waals surface area contributed by atoms with Crippen molar-refractivity contribution in [3.05, 3.63) is 35.9 Å². The van der Waals surface area contributed by atoms with E-state index in [2.05, 4.69) is 47.1 Å². The molecule has 2 saturated carbocycles. The van der Waals surface area contributed by atoms with E-state index in [-0.39, 0.29) is 29.0 Å². The van der Waals surface area contributed by atoms with Crippen LogP contribution in [0.15, 0.2) is 30.3 Å². The fourth-order valence-electron chi connectivity index (χ4n) is 7.42. The molecule has 5 aliphatic rings. The molecule has 0 amide bonds. The lowest BCUT2D eigenvalue weighted by molar-refractivity contribution is -0.147. The molecule has 5 fully saturated rings. The highest BCUT2D eigenvalue weighted by Crippen LogP contribution is 2.62. The third-order valence-electron chi connectivity index (χ3n) is 9.25. The van der Waals surface area contributed by atoms with Gasteiger partial charge < -0.3 is 9.47 Å². The molecule has 6 rings (SSSR count). The van der Waals surface area contributed by atoms with Gasteiger partial charge in [0.25, 0.3) is 0 Å². The molecular weight excluding hydrogens is 388 g/mol. The minimum absolute atomic E-state index is 0.0490. The molecule has 31 heavy (non-hydrogen) atoms. The molecule has 1 aromatic carbocycles. The number of epoxide rings is 1. The van der Waals surface area contributed by atoms with Crippen LogP contribution in [0.3, 0.4) is 0 Å². The minimum atomic E-state index is 0.0490. The number of hydrogen-bond donors (Lipinski definition) is 0. The van der Waals surface area contributed by atoms with Crippen LogP contribution in [-0.2, 0) is 20.8 Å². The molecule has 0 radical (unpaired) electrons. The summed E-state index contributed by atoms with van der Waals surface area (Å²) in [5.74, 6) is 1.10. The zero-order valence-electron chi connectivity index (χ0n) is 18.8. The lowest BCUT2D eigenvalue weighted by Crippen LogP contribution is -2.52. The topological polar surface area (TPSA) is 45.3 Å². The van der Waals surface area contributed by atoms with E-state index in [0.29, 0.717) is 11.8 Å². The van der Waals surface area contributed by atoms with E-state index in [4.69, 9.17) is 9.47 Å². The maximum absolute atomic E-state index is 12.9. The van der Waals surface area contributed by atoms with Crippen molar-refractivity contribution in [2.45, 2.75) is 57.3 Å². The van der Waals surface area contributed by atoms with Gasteiger partial charge in [-0.05, 0) is 49.0 Å². The van der Waals surface area contributed by atoms with Gasteiger partial charge in [-0.3, -0.25) is 14.6 Å². The largest absolute Gasteiger partial charge is 0.462 e. The first-order valence-electron chi connectivity index (χ1n) is 12.4. The van der Waals surface area contributed by atoms with E-state index < -0.39 is 0 Å². The Hall–Kier alpha value is -1.43. The number of carbonyl (C=O) groups excluding carboxylic acids is 1. The number of nitrogens with zero attached hydrogens (tertiary/aromatic N) is 2. The highest BCUT2D eigenvalue weighted by molar-refractivity contribution is 5.75. The Balaban J connectivity index is 1.08. The number of piperazine rings is 1. The summed E-state index contributed by atoms with van der Waals surface area (Å²) in [5.41, 5.74) is 1.80. The van der Waals surface area contributed by atoms with Crippen LogP contribution in [0.4, 0.5) is 0 Å². The fourth-order valence-corrected chi connectivity index (χ4v) is 7.42. The van der Waals surface area contributed by atoms with E-state index in [1.165, 1.54) is 24.8 Å². The van der Waals surface area contributed by atoms with Crippen LogP contribution < -0.4 is 0 Å². The summed E-state index contributed by atoms with van der Waals surface area (Å²) in [4.78, 5) is 18.0. The number of hydrogen-bond acceptors (Lipinski definition) is 5. The quantitative estimate of drug-likeness (QED) is 0.548.